The Bertz CT molecular complexity index is 318. The Morgan fingerprint density at radius 3 is 2.89 bits per heavy atom. The molecule has 0 saturated carbocycles. The van der Waals surface area contributed by atoms with Crippen LogP contribution in [0.3, 0.4) is 0 Å². The van der Waals surface area contributed by atoms with Crippen LogP contribution >= 0.6 is 11.3 Å². The van der Waals surface area contributed by atoms with E-state index in [1.165, 1.54) is 4.88 Å². The van der Waals surface area contributed by atoms with Gasteiger partial charge in [0.25, 0.3) is 0 Å². The molecule has 1 atom stereocenters. The number of hydrogen-bond acceptors (Lipinski definition) is 5. The summed E-state index contributed by atoms with van der Waals surface area (Å²) in [5.41, 5.74) is 0. The monoisotopic (exact) mass is 272 g/mol. The first kappa shape index (κ1) is 15.6. The topological polar surface area (TPSA) is 43.4 Å². The minimum Gasteiger partial charge on any atom is -0.385 e. The predicted octanol–water partition coefficient (Wildman–Crippen LogP) is 2.41. The number of thiazole rings is 1. The van der Waals surface area contributed by atoms with E-state index in [9.17, 15) is 0 Å². The van der Waals surface area contributed by atoms with Crippen molar-refractivity contribution in [2.75, 3.05) is 33.5 Å². The molecule has 0 aliphatic heterocycles. The first-order valence-electron chi connectivity index (χ1n) is 6.52. The van der Waals surface area contributed by atoms with E-state index >= 15 is 0 Å². The molecule has 18 heavy (non-hydrogen) atoms. The van der Waals surface area contributed by atoms with E-state index in [-0.39, 0.29) is 0 Å². The van der Waals surface area contributed by atoms with Crippen LogP contribution in [-0.4, -0.2) is 38.5 Å². The molecule has 0 fully saturated rings. The third kappa shape index (κ3) is 5.91. The van der Waals surface area contributed by atoms with Gasteiger partial charge in [0.15, 0.2) is 0 Å². The van der Waals surface area contributed by atoms with Crippen molar-refractivity contribution in [3.05, 3.63) is 16.1 Å². The Morgan fingerprint density at radius 2 is 2.22 bits per heavy atom. The largest absolute Gasteiger partial charge is 0.385 e. The minimum absolute atomic E-state index is 0.304. The van der Waals surface area contributed by atoms with Crippen molar-refractivity contribution in [3.8, 4) is 0 Å². The average Bonchev–Trinajstić information content (AvgIpc) is 2.86. The highest BCUT2D eigenvalue weighted by atomic mass is 32.1. The number of ether oxygens (including phenoxy) is 2. The molecule has 1 unspecified atom stereocenters. The van der Waals surface area contributed by atoms with E-state index in [0.29, 0.717) is 6.04 Å². The van der Waals surface area contributed by atoms with Gasteiger partial charge in [0.2, 0.25) is 0 Å². The van der Waals surface area contributed by atoms with Crippen LogP contribution in [0, 0.1) is 0 Å². The molecule has 0 aliphatic rings. The summed E-state index contributed by atoms with van der Waals surface area (Å²) in [5, 5.41) is 4.58. The van der Waals surface area contributed by atoms with E-state index in [0.717, 1.165) is 44.2 Å². The molecule has 0 spiro atoms. The van der Waals surface area contributed by atoms with Crippen molar-refractivity contribution in [1.82, 2.24) is 10.3 Å². The van der Waals surface area contributed by atoms with E-state index in [4.69, 9.17) is 9.47 Å². The van der Waals surface area contributed by atoms with Gasteiger partial charge in [-0.15, -0.1) is 11.3 Å². The molecule has 0 amide bonds. The smallest absolute Gasteiger partial charge is 0.109 e. The highest BCUT2D eigenvalue weighted by molar-refractivity contribution is 7.11. The van der Waals surface area contributed by atoms with E-state index < -0.39 is 0 Å². The molecule has 0 bridgehead atoms. The van der Waals surface area contributed by atoms with Crippen molar-refractivity contribution < 1.29 is 9.47 Å². The molecule has 1 heterocycles. The molecule has 1 aromatic heterocycles. The number of nitrogens with one attached hydrogen (secondary N) is 1. The molecular weight excluding hydrogens is 248 g/mol. The van der Waals surface area contributed by atoms with Gasteiger partial charge in [0, 0.05) is 37.9 Å². The summed E-state index contributed by atoms with van der Waals surface area (Å²) in [4.78, 5) is 5.77. The lowest BCUT2D eigenvalue weighted by molar-refractivity contribution is 0.103. The molecule has 1 aromatic rings. The van der Waals surface area contributed by atoms with Crippen molar-refractivity contribution in [3.63, 3.8) is 0 Å². The van der Waals surface area contributed by atoms with Gasteiger partial charge in [-0.2, -0.15) is 0 Å². The summed E-state index contributed by atoms with van der Waals surface area (Å²) in [7, 11) is 1.71. The number of aryl methyl sites for hydroxylation is 1. The molecule has 0 radical (unpaired) electrons. The molecule has 0 saturated heterocycles. The minimum atomic E-state index is 0.304. The lowest BCUT2D eigenvalue weighted by atomic mass is 10.3. The maximum Gasteiger partial charge on any atom is 0.109 e. The molecular formula is C13H24N2O2S. The Kier molecular flexibility index (Phi) is 8.17. The summed E-state index contributed by atoms with van der Waals surface area (Å²) < 4.78 is 10.4. The lowest BCUT2D eigenvalue weighted by Gasteiger charge is -2.11. The van der Waals surface area contributed by atoms with Crippen LogP contribution < -0.4 is 5.32 Å². The number of methoxy groups -OCH3 is 1. The second-order valence-electron chi connectivity index (χ2n) is 4.15. The van der Waals surface area contributed by atoms with Crippen molar-refractivity contribution in [1.29, 1.82) is 0 Å². The number of aromatic nitrogens is 1. The van der Waals surface area contributed by atoms with Crippen LogP contribution in [0.4, 0.5) is 0 Å². The fourth-order valence-electron chi connectivity index (χ4n) is 1.53. The van der Waals surface area contributed by atoms with Crippen LogP contribution in [0.1, 0.15) is 36.2 Å². The highest BCUT2D eigenvalue weighted by Gasteiger charge is 2.08. The molecule has 4 nitrogen and oxygen atoms in total. The van der Waals surface area contributed by atoms with E-state index in [1.54, 1.807) is 18.4 Å². The van der Waals surface area contributed by atoms with Gasteiger partial charge in [-0.25, -0.2) is 4.98 Å². The van der Waals surface area contributed by atoms with Crippen molar-refractivity contribution in [2.24, 2.45) is 0 Å². The number of nitrogens with zero attached hydrogens (tertiary/aromatic N) is 1. The highest BCUT2D eigenvalue weighted by Crippen LogP contribution is 2.19. The van der Waals surface area contributed by atoms with Gasteiger partial charge in [0.05, 0.1) is 12.6 Å². The predicted molar refractivity (Wildman–Crippen MR) is 75.2 cm³/mol. The van der Waals surface area contributed by atoms with Gasteiger partial charge >= 0.3 is 0 Å². The van der Waals surface area contributed by atoms with Crippen LogP contribution in [0.25, 0.3) is 0 Å². The molecule has 1 N–H and O–H groups in total. The Labute approximate surface area is 114 Å². The van der Waals surface area contributed by atoms with Crippen LogP contribution in [0.5, 0.6) is 0 Å². The van der Waals surface area contributed by atoms with Crippen LogP contribution in [0.15, 0.2) is 6.20 Å². The molecule has 1 rings (SSSR count). The summed E-state index contributed by atoms with van der Waals surface area (Å²) >= 11 is 1.78. The second kappa shape index (κ2) is 9.44. The zero-order chi connectivity index (χ0) is 13.2. The summed E-state index contributed by atoms with van der Waals surface area (Å²) in [6, 6.07) is 0.304. The molecule has 5 heteroatoms. The van der Waals surface area contributed by atoms with Gasteiger partial charge < -0.3 is 14.8 Å². The average molecular weight is 272 g/mol. The van der Waals surface area contributed by atoms with Crippen LogP contribution in [-0.2, 0) is 15.9 Å². The van der Waals surface area contributed by atoms with E-state index in [2.05, 4.69) is 24.1 Å². The Hall–Kier alpha value is -0.490. The van der Waals surface area contributed by atoms with Gasteiger partial charge in [-0.1, -0.05) is 6.92 Å². The zero-order valence-electron chi connectivity index (χ0n) is 11.6. The fraction of sp³-hybridized carbons (Fsp3) is 0.769. The zero-order valence-corrected chi connectivity index (χ0v) is 12.4. The first-order chi connectivity index (χ1) is 8.77. The third-order valence-corrected chi connectivity index (χ3v) is 3.95. The van der Waals surface area contributed by atoms with E-state index in [1.807, 2.05) is 6.20 Å². The van der Waals surface area contributed by atoms with Gasteiger partial charge in [0.1, 0.15) is 5.01 Å². The summed E-state index contributed by atoms with van der Waals surface area (Å²) in [6.45, 7) is 7.42. The number of rotatable bonds is 10. The quantitative estimate of drug-likeness (QED) is 0.664. The lowest BCUT2D eigenvalue weighted by Crippen LogP contribution is -2.23. The molecule has 0 aromatic carbocycles. The fourth-order valence-corrected chi connectivity index (χ4v) is 2.41. The summed E-state index contributed by atoms with van der Waals surface area (Å²) in [5.74, 6) is 0. The summed E-state index contributed by atoms with van der Waals surface area (Å²) in [6.07, 6.45) is 3.99. The second-order valence-corrected chi connectivity index (χ2v) is 5.30. The van der Waals surface area contributed by atoms with Gasteiger partial charge in [-0.3, -0.25) is 0 Å². The first-order valence-corrected chi connectivity index (χ1v) is 7.34. The molecule has 0 aliphatic carbocycles. The Morgan fingerprint density at radius 1 is 1.39 bits per heavy atom. The number of hydrogen-bond donors (Lipinski definition) is 1. The standard InChI is InChI=1S/C13H24N2O2S/c1-4-12-10-15-13(18-12)11(2)14-6-9-17-8-5-7-16-3/h10-11,14H,4-9H2,1-3H3. The maximum atomic E-state index is 5.49. The normalized spacial score (nSPS) is 12.8. The Balaban J connectivity index is 2.08. The van der Waals surface area contributed by atoms with Crippen molar-refractivity contribution in [2.45, 2.75) is 32.7 Å². The third-order valence-electron chi connectivity index (χ3n) is 2.62. The van der Waals surface area contributed by atoms with Crippen LogP contribution in [0.2, 0.25) is 0 Å². The van der Waals surface area contributed by atoms with Gasteiger partial charge in [-0.05, 0) is 19.8 Å². The SMILES string of the molecule is CCc1cnc(C(C)NCCOCCCOC)s1. The van der Waals surface area contributed by atoms with Crippen molar-refractivity contribution >= 4 is 11.3 Å². The molecule has 104 valence electrons. The maximum absolute atomic E-state index is 5.49.